The summed E-state index contributed by atoms with van der Waals surface area (Å²) >= 11 is 0. The van der Waals surface area contributed by atoms with Gasteiger partial charge < -0.3 is 10.1 Å². The van der Waals surface area contributed by atoms with Crippen molar-refractivity contribution < 1.29 is 4.74 Å². The number of likely N-dealkylation sites (tertiary alicyclic amines) is 1. The van der Waals surface area contributed by atoms with E-state index in [9.17, 15) is 0 Å². The van der Waals surface area contributed by atoms with Crippen molar-refractivity contribution in [2.45, 2.75) is 51.7 Å². The lowest BCUT2D eigenvalue weighted by Crippen LogP contribution is -2.50. The Kier molecular flexibility index (Phi) is 5.73. The van der Waals surface area contributed by atoms with Gasteiger partial charge in [-0.3, -0.25) is 4.90 Å². The number of nitrogens with one attached hydrogen (secondary N) is 1. The largest absolute Gasteiger partial charge is 0.377 e. The summed E-state index contributed by atoms with van der Waals surface area (Å²) < 4.78 is 5.61. The van der Waals surface area contributed by atoms with E-state index in [0.717, 1.165) is 19.6 Å². The van der Waals surface area contributed by atoms with Crippen LogP contribution in [0.3, 0.4) is 0 Å². The molecular formula is C13H28N2O. The van der Waals surface area contributed by atoms with Crippen molar-refractivity contribution in [3.63, 3.8) is 0 Å². The van der Waals surface area contributed by atoms with Crippen LogP contribution in [0.1, 0.15) is 40.0 Å². The van der Waals surface area contributed by atoms with Crippen LogP contribution >= 0.6 is 0 Å². The minimum absolute atomic E-state index is 0.0721. The zero-order valence-corrected chi connectivity index (χ0v) is 11.4. The second-order valence-electron chi connectivity index (χ2n) is 5.35. The Morgan fingerprint density at radius 3 is 2.88 bits per heavy atom. The van der Waals surface area contributed by atoms with Crippen LogP contribution in [-0.4, -0.2) is 49.8 Å². The SMILES string of the molecule is CCCNC(C)CN1CCCC(C)(OC)C1. The lowest BCUT2D eigenvalue weighted by atomic mass is 9.94. The summed E-state index contributed by atoms with van der Waals surface area (Å²) in [6, 6.07) is 0.583. The van der Waals surface area contributed by atoms with E-state index >= 15 is 0 Å². The summed E-state index contributed by atoms with van der Waals surface area (Å²) in [6.45, 7) is 11.3. The van der Waals surface area contributed by atoms with Crippen molar-refractivity contribution in [3.05, 3.63) is 0 Å². The van der Waals surface area contributed by atoms with E-state index in [1.54, 1.807) is 0 Å². The summed E-state index contributed by atoms with van der Waals surface area (Å²) in [5.74, 6) is 0. The second-order valence-corrected chi connectivity index (χ2v) is 5.35. The summed E-state index contributed by atoms with van der Waals surface area (Å²) in [4.78, 5) is 2.53. The molecule has 2 atom stereocenters. The number of hydrogen-bond acceptors (Lipinski definition) is 3. The van der Waals surface area contributed by atoms with Crippen LogP contribution in [0, 0.1) is 0 Å². The van der Waals surface area contributed by atoms with Crippen molar-refractivity contribution in [1.29, 1.82) is 0 Å². The van der Waals surface area contributed by atoms with Crippen LogP contribution in [0.4, 0.5) is 0 Å². The highest BCUT2D eigenvalue weighted by Crippen LogP contribution is 2.23. The van der Waals surface area contributed by atoms with E-state index in [-0.39, 0.29) is 5.60 Å². The third-order valence-electron chi connectivity index (χ3n) is 3.51. The molecule has 1 aliphatic heterocycles. The highest BCUT2D eigenvalue weighted by Gasteiger charge is 2.30. The van der Waals surface area contributed by atoms with Gasteiger partial charge in [0.05, 0.1) is 5.60 Å². The molecule has 1 fully saturated rings. The molecule has 0 aromatic carbocycles. The minimum Gasteiger partial charge on any atom is -0.377 e. The van der Waals surface area contributed by atoms with Gasteiger partial charge in [0.15, 0.2) is 0 Å². The van der Waals surface area contributed by atoms with Gasteiger partial charge >= 0.3 is 0 Å². The van der Waals surface area contributed by atoms with Crippen LogP contribution in [-0.2, 0) is 4.74 Å². The lowest BCUT2D eigenvalue weighted by molar-refractivity contribution is -0.0519. The fourth-order valence-corrected chi connectivity index (χ4v) is 2.47. The lowest BCUT2D eigenvalue weighted by Gasteiger charge is -2.40. The molecule has 0 aromatic rings. The molecule has 3 heteroatoms. The number of rotatable bonds is 6. The normalized spacial score (nSPS) is 29.2. The molecule has 2 unspecified atom stereocenters. The highest BCUT2D eigenvalue weighted by atomic mass is 16.5. The number of nitrogens with zero attached hydrogens (tertiary/aromatic N) is 1. The van der Waals surface area contributed by atoms with Gasteiger partial charge in [-0.05, 0) is 46.2 Å². The van der Waals surface area contributed by atoms with E-state index in [1.165, 1.54) is 25.8 Å². The molecule has 0 spiro atoms. The molecule has 1 saturated heterocycles. The van der Waals surface area contributed by atoms with Gasteiger partial charge in [0.25, 0.3) is 0 Å². The topological polar surface area (TPSA) is 24.5 Å². The van der Waals surface area contributed by atoms with E-state index in [4.69, 9.17) is 4.74 Å². The van der Waals surface area contributed by atoms with E-state index in [1.807, 2.05) is 7.11 Å². The molecule has 1 aliphatic rings. The number of methoxy groups -OCH3 is 1. The average molecular weight is 228 g/mol. The minimum atomic E-state index is 0.0721. The van der Waals surface area contributed by atoms with Crippen LogP contribution in [0.15, 0.2) is 0 Å². The van der Waals surface area contributed by atoms with Gasteiger partial charge in [-0.25, -0.2) is 0 Å². The van der Waals surface area contributed by atoms with Gasteiger partial charge in [0.2, 0.25) is 0 Å². The predicted molar refractivity (Wildman–Crippen MR) is 68.8 cm³/mol. The third-order valence-corrected chi connectivity index (χ3v) is 3.51. The van der Waals surface area contributed by atoms with E-state index < -0.39 is 0 Å². The zero-order valence-electron chi connectivity index (χ0n) is 11.4. The Bertz CT molecular complexity index is 198. The van der Waals surface area contributed by atoms with Crippen molar-refractivity contribution >= 4 is 0 Å². The number of ether oxygens (including phenoxy) is 1. The Labute approximate surface area is 101 Å². The second kappa shape index (κ2) is 6.58. The van der Waals surface area contributed by atoms with Crippen LogP contribution < -0.4 is 5.32 Å². The maximum Gasteiger partial charge on any atom is 0.0777 e. The first-order valence-electron chi connectivity index (χ1n) is 6.60. The molecule has 1 heterocycles. The molecule has 1 N–H and O–H groups in total. The Morgan fingerprint density at radius 1 is 1.50 bits per heavy atom. The van der Waals surface area contributed by atoms with Gasteiger partial charge in [0, 0.05) is 26.2 Å². The molecule has 0 aliphatic carbocycles. The maximum absolute atomic E-state index is 5.61. The zero-order chi connectivity index (χ0) is 12.0. The summed E-state index contributed by atoms with van der Waals surface area (Å²) in [5.41, 5.74) is 0.0721. The molecule has 1 rings (SSSR count). The van der Waals surface area contributed by atoms with Crippen LogP contribution in [0.2, 0.25) is 0 Å². The smallest absolute Gasteiger partial charge is 0.0777 e. The average Bonchev–Trinajstić information content (AvgIpc) is 2.26. The molecular weight excluding hydrogens is 200 g/mol. The molecule has 0 amide bonds. The summed E-state index contributed by atoms with van der Waals surface area (Å²) in [6.07, 6.45) is 3.65. The first-order chi connectivity index (χ1) is 7.59. The molecule has 0 aromatic heterocycles. The summed E-state index contributed by atoms with van der Waals surface area (Å²) in [7, 11) is 1.84. The predicted octanol–water partition coefficient (Wildman–Crippen LogP) is 1.88. The van der Waals surface area contributed by atoms with Crippen LogP contribution in [0.5, 0.6) is 0 Å². The molecule has 0 saturated carbocycles. The van der Waals surface area contributed by atoms with Gasteiger partial charge in [0.1, 0.15) is 0 Å². The Balaban J connectivity index is 2.31. The molecule has 0 radical (unpaired) electrons. The highest BCUT2D eigenvalue weighted by molar-refractivity contribution is 4.85. The Morgan fingerprint density at radius 2 is 2.25 bits per heavy atom. The molecule has 0 bridgehead atoms. The molecule has 3 nitrogen and oxygen atoms in total. The maximum atomic E-state index is 5.61. The van der Waals surface area contributed by atoms with Gasteiger partial charge in [-0.15, -0.1) is 0 Å². The number of hydrogen-bond donors (Lipinski definition) is 1. The van der Waals surface area contributed by atoms with Crippen molar-refractivity contribution in [1.82, 2.24) is 10.2 Å². The monoisotopic (exact) mass is 228 g/mol. The summed E-state index contributed by atoms with van der Waals surface area (Å²) in [5, 5.41) is 3.54. The van der Waals surface area contributed by atoms with Gasteiger partial charge in [-0.1, -0.05) is 6.92 Å². The van der Waals surface area contributed by atoms with E-state index in [2.05, 4.69) is 31.0 Å². The van der Waals surface area contributed by atoms with Crippen molar-refractivity contribution in [2.75, 3.05) is 33.3 Å². The van der Waals surface area contributed by atoms with Crippen LogP contribution in [0.25, 0.3) is 0 Å². The standard InChI is InChI=1S/C13H28N2O/c1-5-8-14-12(2)10-15-9-6-7-13(3,11-15)16-4/h12,14H,5-11H2,1-4H3. The van der Waals surface area contributed by atoms with E-state index in [0.29, 0.717) is 6.04 Å². The quantitative estimate of drug-likeness (QED) is 0.751. The number of piperidine rings is 1. The first kappa shape index (κ1) is 13.9. The first-order valence-corrected chi connectivity index (χ1v) is 6.60. The van der Waals surface area contributed by atoms with Gasteiger partial charge in [-0.2, -0.15) is 0 Å². The molecule has 16 heavy (non-hydrogen) atoms. The Hall–Kier alpha value is -0.120. The molecule has 96 valence electrons. The van der Waals surface area contributed by atoms with Crippen molar-refractivity contribution in [2.24, 2.45) is 0 Å². The fourth-order valence-electron chi connectivity index (χ4n) is 2.47. The van der Waals surface area contributed by atoms with Crippen molar-refractivity contribution in [3.8, 4) is 0 Å². The fraction of sp³-hybridized carbons (Fsp3) is 1.00. The third kappa shape index (κ3) is 4.40.